The Hall–Kier alpha value is -0.970. The molecule has 1 atom stereocenters. The van der Waals surface area contributed by atoms with Crippen LogP contribution in [0.4, 0.5) is 8.78 Å². The van der Waals surface area contributed by atoms with Crippen molar-refractivity contribution in [3.8, 4) is 0 Å². The average molecular weight is 258 g/mol. The zero-order chi connectivity index (χ0) is 13.0. The molecule has 102 valence electrons. The van der Waals surface area contributed by atoms with E-state index in [-0.39, 0.29) is 18.7 Å². The molecule has 1 fully saturated rings. The second-order valence-corrected chi connectivity index (χ2v) is 5.18. The Morgan fingerprint density at radius 1 is 1.56 bits per heavy atom. The number of nitrogens with one attached hydrogen (secondary N) is 2. The standard InChI is InChI=1S/C13H20F2N2O/c14-13(15)5-1-2-11(8-13)12(18)17-9-10-3-6-16-7-4-10/h3,11,16H,1-2,4-9H2,(H,17,18). The fourth-order valence-electron chi connectivity index (χ4n) is 2.57. The number of alkyl halides is 2. The van der Waals surface area contributed by atoms with E-state index in [0.29, 0.717) is 19.4 Å². The van der Waals surface area contributed by atoms with Crippen LogP contribution in [0.1, 0.15) is 32.1 Å². The van der Waals surface area contributed by atoms with E-state index in [1.54, 1.807) is 0 Å². The Morgan fingerprint density at radius 3 is 3.06 bits per heavy atom. The van der Waals surface area contributed by atoms with Crippen molar-refractivity contribution in [2.45, 2.75) is 38.0 Å². The summed E-state index contributed by atoms with van der Waals surface area (Å²) in [6, 6.07) is 0. The van der Waals surface area contributed by atoms with Crippen LogP contribution in [0.5, 0.6) is 0 Å². The van der Waals surface area contributed by atoms with Crippen molar-refractivity contribution < 1.29 is 13.6 Å². The Kier molecular flexibility index (Phi) is 4.32. The molecule has 5 heteroatoms. The molecule has 0 aromatic carbocycles. The van der Waals surface area contributed by atoms with Gasteiger partial charge in [-0.2, -0.15) is 0 Å². The zero-order valence-electron chi connectivity index (χ0n) is 10.5. The number of hydrogen-bond acceptors (Lipinski definition) is 2. The third-order valence-electron chi connectivity index (χ3n) is 3.66. The van der Waals surface area contributed by atoms with Crippen LogP contribution in [0.15, 0.2) is 11.6 Å². The van der Waals surface area contributed by atoms with Gasteiger partial charge in [-0.1, -0.05) is 11.6 Å². The SMILES string of the molecule is O=C(NCC1=CCNCC1)C1CCCC(F)(F)C1. The van der Waals surface area contributed by atoms with Gasteiger partial charge in [-0.05, 0) is 25.8 Å². The number of carbonyl (C=O) groups excluding carboxylic acids is 1. The Balaban J connectivity index is 1.79. The topological polar surface area (TPSA) is 41.1 Å². The fraction of sp³-hybridized carbons (Fsp3) is 0.769. The summed E-state index contributed by atoms with van der Waals surface area (Å²) in [6.07, 6.45) is 3.63. The normalized spacial score (nSPS) is 27.4. The van der Waals surface area contributed by atoms with Crippen LogP contribution >= 0.6 is 0 Å². The van der Waals surface area contributed by atoms with E-state index in [2.05, 4.69) is 16.7 Å². The molecule has 3 nitrogen and oxygen atoms in total. The van der Waals surface area contributed by atoms with Crippen molar-refractivity contribution in [1.29, 1.82) is 0 Å². The van der Waals surface area contributed by atoms with E-state index < -0.39 is 11.8 Å². The minimum atomic E-state index is -2.66. The molecule has 1 aliphatic heterocycles. The summed E-state index contributed by atoms with van der Waals surface area (Å²) >= 11 is 0. The minimum absolute atomic E-state index is 0.0758. The molecular formula is C13H20F2N2O. The highest BCUT2D eigenvalue weighted by atomic mass is 19.3. The van der Waals surface area contributed by atoms with Crippen LogP contribution in [-0.4, -0.2) is 31.5 Å². The molecule has 0 saturated heterocycles. The first-order valence-electron chi connectivity index (χ1n) is 6.61. The number of halogens is 2. The highest BCUT2D eigenvalue weighted by Gasteiger charge is 2.38. The van der Waals surface area contributed by atoms with Crippen LogP contribution in [0.25, 0.3) is 0 Å². The van der Waals surface area contributed by atoms with Gasteiger partial charge in [-0.25, -0.2) is 8.78 Å². The third kappa shape index (κ3) is 3.77. The van der Waals surface area contributed by atoms with E-state index in [4.69, 9.17) is 0 Å². The average Bonchev–Trinajstić information content (AvgIpc) is 2.36. The van der Waals surface area contributed by atoms with Gasteiger partial charge >= 0.3 is 0 Å². The first kappa shape index (κ1) is 13.5. The predicted molar refractivity (Wildman–Crippen MR) is 65.5 cm³/mol. The molecule has 2 rings (SSSR count). The molecule has 0 bridgehead atoms. The van der Waals surface area contributed by atoms with Crippen LogP contribution in [-0.2, 0) is 4.79 Å². The summed E-state index contributed by atoms with van der Waals surface area (Å²) in [6.45, 7) is 2.25. The van der Waals surface area contributed by atoms with Gasteiger partial charge in [0.2, 0.25) is 11.8 Å². The Labute approximate surface area is 106 Å². The summed E-state index contributed by atoms with van der Waals surface area (Å²) in [5.74, 6) is -3.39. The summed E-state index contributed by atoms with van der Waals surface area (Å²) in [5, 5.41) is 5.98. The van der Waals surface area contributed by atoms with Gasteiger partial charge in [-0.15, -0.1) is 0 Å². The summed E-state index contributed by atoms with van der Waals surface area (Å²) < 4.78 is 26.4. The van der Waals surface area contributed by atoms with Gasteiger partial charge in [0.1, 0.15) is 0 Å². The molecule has 0 aromatic heterocycles. The second kappa shape index (κ2) is 5.78. The van der Waals surface area contributed by atoms with E-state index >= 15 is 0 Å². The minimum Gasteiger partial charge on any atom is -0.352 e. The number of amides is 1. The van der Waals surface area contributed by atoms with Gasteiger partial charge < -0.3 is 10.6 Å². The molecule has 1 unspecified atom stereocenters. The fourth-order valence-corrected chi connectivity index (χ4v) is 2.57. The lowest BCUT2D eigenvalue weighted by Gasteiger charge is -2.28. The third-order valence-corrected chi connectivity index (χ3v) is 3.66. The van der Waals surface area contributed by atoms with E-state index in [1.165, 1.54) is 5.57 Å². The lowest BCUT2D eigenvalue weighted by Crippen LogP contribution is -2.38. The van der Waals surface area contributed by atoms with E-state index in [9.17, 15) is 13.6 Å². The molecule has 1 saturated carbocycles. The Morgan fingerprint density at radius 2 is 2.39 bits per heavy atom. The number of rotatable bonds is 3. The molecule has 1 heterocycles. The van der Waals surface area contributed by atoms with Crippen LogP contribution in [0.3, 0.4) is 0 Å². The van der Waals surface area contributed by atoms with Gasteiger partial charge in [0.15, 0.2) is 0 Å². The van der Waals surface area contributed by atoms with Crippen molar-refractivity contribution in [3.63, 3.8) is 0 Å². The quantitative estimate of drug-likeness (QED) is 0.758. The maximum absolute atomic E-state index is 13.2. The van der Waals surface area contributed by atoms with Gasteiger partial charge in [0, 0.05) is 31.8 Å². The van der Waals surface area contributed by atoms with Crippen molar-refractivity contribution in [1.82, 2.24) is 10.6 Å². The van der Waals surface area contributed by atoms with Crippen LogP contribution in [0, 0.1) is 5.92 Å². The molecule has 0 aromatic rings. The van der Waals surface area contributed by atoms with Crippen LogP contribution in [0.2, 0.25) is 0 Å². The highest BCUT2D eigenvalue weighted by molar-refractivity contribution is 5.79. The maximum Gasteiger partial charge on any atom is 0.248 e. The van der Waals surface area contributed by atoms with Gasteiger partial charge in [0.25, 0.3) is 0 Å². The van der Waals surface area contributed by atoms with Crippen molar-refractivity contribution >= 4 is 5.91 Å². The molecule has 0 radical (unpaired) electrons. The second-order valence-electron chi connectivity index (χ2n) is 5.18. The summed E-state index contributed by atoms with van der Waals surface area (Å²) in [4.78, 5) is 11.8. The summed E-state index contributed by atoms with van der Waals surface area (Å²) in [7, 11) is 0. The zero-order valence-corrected chi connectivity index (χ0v) is 10.5. The van der Waals surface area contributed by atoms with Crippen molar-refractivity contribution in [3.05, 3.63) is 11.6 Å². The van der Waals surface area contributed by atoms with Crippen molar-refractivity contribution in [2.75, 3.05) is 19.6 Å². The molecular weight excluding hydrogens is 238 g/mol. The maximum atomic E-state index is 13.2. The largest absolute Gasteiger partial charge is 0.352 e. The Bertz CT molecular complexity index is 342. The summed E-state index contributed by atoms with van der Waals surface area (Å²) in [5.41, 5.74) is 1.18. The van der Waals surface area contributed by atoms with Gasteiger partial charge in [0.05, 0.1) is 0 Å². The predicted octanol–water partition coefficient (Wildman–Crippen LogP) is 1.85. The molecule has 2 N–H and O–H groups in total. The van der Waals surface area contributed by atoms with E-state index in [1.807, 2.05) is 0 Å². The molecule has 1 amide bonds. The lowest BCUT2D eigenvalue weighted by atomic mass is 9.86. The van der Waals surface area contributed by atoms with E-state index in [0.717, 1.165) is 19.5 Å². The number of hydrogen-bond donors (Lipinski definition) is 2. The smallest absolute Gasteiger partial charge is 0.248 e. The highest BCUT2D eigenvalue weighted by Crippen LogP contribution is 2.36. The molecule has 0 spiro atoms. The molecule has 18 heavy (non-hydrogen) atoms. The first-order chi connectivity index (χ1) is 8.57. The molecule has 2 aliphatic rings. The number of carbonyl (C=O) groups is 1. The first-order valence-corrected chi connectivity index (χ1v) is 6.61. The molecule has 1 aliphatic carbocycles. The van der Waals surface area contributed by atoms with Gasteiger partial charge in [-0.3, -0.25) is 4.79 Å². The van der Waals surface area contributed by atoms with Crippen LogP contribution < -0.4 is 10.6 Å². The van der Waals surface area contributed by atoms with Crippen molar-refractivity contribution in [2.24, 2.45) is 5.92 Å². The lowest BCUT2D eigenvalue weighted by molar-refractivity contribution is -0.132. The monoisotopic (exact) mass is 258 g/mol.